The molecule has 2 rings (SSSR count). The average molecular weight is 248 g/mol. The number of nitrogens with one attached hydrogen (secondary N) is 2. The Balaban J connectivity index is 1.97. The van der Waals surface area contributed by atoms with Crippen LogP contribution in [0.4, 0.5) is 0 Å². The number of hydrogen-bond acceptors (Lipinski definition) is 4. The molecular weight excluding hydrogens is 228 g/mol. The van der Waals surface area contributed by atoms with E-state index in [2.05, 4.69) is 34.3 Å². The third-order valence-corrected chi connectivity index (χ3v) is 2.90. The quantitative estimate of drug-likeness (QED) is 0.789. The summed E-state index contributed by atoms with van der Waals surface area (Å²) in [7, 11) is 0. The minimum Gasteiger partial charge on any atom is -0.359 e. The molecule has 0 aliphatic heterocycles. The van der Waals surface area contributed by atoms with Crippen LogP contribution in [0.1, 0.15) is 32.6 Å². The van der Waals surface area contributed by atoms with Gasteiger partial charge in [0.15, 0.2) is 0 Å². The highest BCUT2D eigenvalue weighted by molar-refractivity contribution is 5.47. The van der Waals surface area contributed by atoms with Gasteiger partial charge in [-0.3, -0.25) is 0 Å². The van der Waals surface area contributed by atoms with E-state index in [0.717, 1.165) is 31.5 Å². The molecule has 0 bridgehead atoms. The van der Waals surface area contributed by atoms with Gasteiger partial charge in [-0.05, 0) is 31.5 Å². The van der Waals surface area contributed by atoms with E-state index in [-0.39, 0.29) is 0 Å². The van der Waals surface area contributed by atoms with Crippen molar-refractivity contribution in [3.05, 3.63) is 24.2 Å². The first kappa shape index (κ1) is 12.8. The van der Waals surface area contributed by atoms with Gasteiger partial charge in [0, 0.05) is 18.7 Å². The van der Waals surface area contributed by atoms with Crippen LogP contribution in [-0.4, -0.2) is 27.7 Å². The molecule has 18 heavy (non-hydrogen) atoms. The maximum absolute atomic E-state index is 5.28. The van der Waals surface area contributed by atoms with Crippen LogP contribution in [0.2, 0.25) is 0 Å². The third-order valence-electron chi connectivity index (χ3n) is 2.90. The highest BCUT2D eigenvalue weighted by atomic mass is 16.5. The standard InChI is InChI=1S/C13H20N4O/c1-3-7-14-10(4-2)9-12-16-13(17-18-12)11-6-5-8-15-11/h5-6,8,10,14-15H,3-4,7,9H2,1-2H3. The zero-order valence-corrected chi connectivity index (χ0v) is 10.9. The fourth-order valence-electron chi connectivity index (χ4n) is 1.84. The predicted molar refractivity (Wildman–Crippen MR) is 70.2 cm³/mol. The summed E-state index contributed by atoms with van der Waals surface area (Å²) in [5.41, 5.74) is 0.888. The summed E-state index contributed by atoms with van der Waals surface area (Å²) in [6.45, 7) is 5.35. The van der Waals surface area contributed by atoms with Crippen LogP contribution < -0.4 is 5.32 Å². The van der Waals surface area contributed by atoms with E-state index in [1.807, 2.05) is 18.3 Å². The van der Waals surface area contributed by atoms with Crippen molar-refractivity contribution in [1.82, 2.24) is 20.4 Å². The molecule has 1 unspecified atom stereocenters. The molecule has 1 atom stereocenters. The summed E-state index contributed by atoms with van der Waals surface area (Å²) in [5.74, 6) is 1.32. The first-order valence-electron chi connectivity index (χ1n) is 6.53. The molecular formula is C13H20N4O. The molecule has 2 N–H and O–H groups in total. The third kappa shape index (κ3) is 3.20. The Morgan fingerprint density at radius 3 is 3.00 bits per heavy atom. The molecule has 0 radical (unpaired) electrons. The van der Waals surface area contributed by atoms with Crippen molar-refractivity contribution in [1.29, 1.82) is 0 Å². The van der Waals surface area contributed by atoms with Crippen molar-refractivity contribution in [2.75, 3.05) is 6.54 Å². The summed E-state index contributed by atoms with van der Waals surface area (Å²) in [6, 6.07) is 4.26. The van der Waals surface area contributed by atoms with Gasteiger partial charge in [-0.15, -0.1) is 0 Å². The molecule has 0 aliphatic rings. The second-order valence-corrected chi connectivity index (χ2v) is 4.36. The van der Waals surface area contributed by atoms with Crippen LogP contribution in [-0.2, 0) is 6.42 Å². The Morgan fingerprint density at radius 1 is 1.44 bits per heavy atom. The van der Waals surface area contributed by atoms with E-state index in [1.54, 1.807) is 0 Å². The molecule has 2 heterocycles. The summed E-state index contributed by atoms with van der Waals surface area (Å²) >= 11 is 0. The number of aromatic nitrogens is 3. The van der Waals surface area contributed by atoms with Crippen LogP contribution in [0.3, 0.4) is 0 Å². The first-order chi connectivity index (χ1) is 8.83. The Kier molecular flexibility index (Phi) is 4.52. The SMILES string of the molecule is CCCNC(CC)Cc1nc(-c2ccc[nH]2)no1. The molecule has 0 spiro atoms. The molecule has 5 nitrogen and oxygen atoms in total. The average Bonchev–Trinajstić information content (AvgIpc) is 3.04. The van der Waals surface area contributed by atoms with Crippen LogP contribution in [0.15, 0.2) is 22.9 Å². The second-order valence-electron chi connectivity index (χ2n) is 4.36. The van der Waals surface area contributed by atoms with Gasteiger partial charge in [0.05, 0.1) is 5.69 Å². The van der Waals surface area contributed by atoms with Gasteiger partial charge in [-0.25, -0.2) is 0 Å². The number of nitrogens with zero attached hydrogens (tertiary/aromatic N) is 2. The Bertz CT molecular complexity index is 449. The minimum absolute atomic E-state index is 0.405. The fourth-order valence-corrected chi connectivity index (χ4v) is 1.84. The van der Waals surface area contributed by atoms with Gasteiger partial charge < -0.3 is 14.8 Å². The summed E-state index contributed by atoms with van der Waals surface area (Å²) < 4.78 is 5.28. The molecule has 2 aromatic heterocycles. The normalized spacial score (nSPS) is 12.8. The van der Waals surface area contributed by atoms with E-state index >= 15 is 0 Å². The number of rotatable bonds is 7. The first-order valence-corrected chi connectivity index (χ1v) is 6.53. The summed E-state index contributed by atoms with van der Waals surface area (Å²) in [4.78, 5) is 7.47. The van der Waals surface area contributed by atoms with Crippen molar-refractivity contribution in [3.8, 4) is 11.5 Å². The van der Waals surface area contributed by atoms with Gasteiger partial charge in [-0.2, -0.15) is 4.98 Å². The molecule has 0 aromatic carbocycles. The lowest BCUT2D eigenvalue weighted by molar-refractivity contribution is 0.354. The minimum atomic E-state index is 0.405. The van der Waals surface area contributed by atoms with Crippen LogP contribution in [0, 0.1) is 0 Å². The summed E-state index contributed by atoms with van der Waals surface area (Å²) in [6.07, 6.45) is 4.82. The molecule has 98 valence electrons. The number of hydrogen-bond donors (Lipinski definition) is 2. The number of aromatic amines is 1. The van der Waals surface area contributed by atoms with Gasteiger partial charge >= 0.3 is 0 Å². The van der Waals surface area contributed by atoms with Crippen molar-refractivity contribution >= 4 is 0 Å². The fraction of sp³-hybridized carbons (Fsp3) is 0.538. The number of H-pyrrole nitrogens is 1. The van der Waals surface area contributed by atoms with Crippen molar-refractivity contribution in [2.24, 2.45) is 0 Å². The van der Waals surface area contributed by atoms with Crippen molar-refractivity contribution in [3.63, 3.8) is 0 Å². The highest BCUT2D eigenvalue weighted by Gasteiger charge is 2.13. The van der Waals surface area contributed by atoms with E-state index in [1.165, 1.54) is 0 Å². The van der Waals surface area contributed by atoms with Crippen molar-refractivity contribution < 1.29 is 4.52 Å². The highest BCUT2D eigenvalue weighted by Crippen LogP contribution is 2.13. The van der Waals surface area contributed by atoms with Crippen LogP contribution in [0.25, 0.3) is 11.5 Å². The topological polar surface area (TPSA) is 66.7 Å². The second kappa shape index (κ2) is 6.35. The van der Waals surface area contributed by atoms with Gasteiger partial charge in [0.25, 0.3) is 0 Å². The molecule has 0 fully saturated rings. The van der Waals surface area contributed by atoms with Gasteiger partial charge in [0.2, 0.25) is 11.7 Å². The molecule has 0 saturated carbocycles. The smallest absolute Gasteiger partial charge is 0.228 e. The summed E-state index contributed by atoms with van der Waals surface area (Å²) in [5, 5.41) is 7.46. The molecule has 5 heteroatoms. The lowest BCUT2D eigenvalue weighted by atomic mass is 10.1. The molecule has 2 aromatic rings. The monoisotopic (exact) mass is 248 g/mol. The Morgan fingerprint density at radius 2 is 2.33 bits per heavy atom. The van der Waals surface area contributed by atoms with E-state index in [0.29, 0.717) is 17.8 Å². The van der Waals surface area contributed by atoms with E-state index in [9.17, 15) is 0 Å². The van der Waals surface area contributed by atoms with Crippen LogP contribution >= 0.6 is 0 Å². The van der Waals surface area contributed by atoms with Crippen LogP contribution in [0.5, 0.6) is 0 Å². The maximum Gasteiger partial charge on any atom is 0.228 e. The Hall–Kier alpha value is -1.62. The maximum atomic E-state index is 5.28. The zero-order valence-electron chi connectivity index (χ0n) is 10.9. The van der Waals surface area contributed by atoms with E-state index < -0.39 is 0 Å². The largest absolute Gasteiger partial charge is 0.359 e. The van der Waals surface area contributed by atoms with E-state index in [4.69, 9.17) is 4.52 Å². The molecule has 0 aliphatic carbocycles. The molecule has 0 amide bonds. The lowest BCUT2D eigenvalue weighted by Gasteiger charge is -2.13. The lowest BCUT2D eigenvalue weighted by Crippen LogP contribution is -2.31. The van der Waals surface area contributed by atoms with Gasteiger partial charge in [0.1, 0.15) is 0 Å². The zero-order chi connectivity index (χ0) is 12.8. The van der Waals surface area contributed by atoms with Crippen molar-refractivity contribution in [2.45, 2.75) is 39.2 Å². The Labute approximate surface area is 107 Å². The van der Waals surface area contributed by atoms with Gasteiger partial charge in [-0.1, -0.05) is 19.0 Å². The molecule has 0 saturated heterocycles. The predicted octanol–water partition coefficient (Wildman–Crippen LogP) is 2.39.